The minimum absolute atomic E-state index is 0.0372. The molecule has 0 spiro atoms. The third kappa shape index (κ3) is 9.09. The molecule has 1 aliphatic rings. The predicted octanol–water partition coefficient (Wildman–Crippen LogP) is 5.80. The number of unbranched alkanes of at least 4 members (excludes halogenated alkanes) is 3. The fourth-order valence-corrected chi connectivity index (χ4v) is 4.55. The molecule has 1 saturated carbocycles. The number of ether oxygens (including phenoxy) is 3. The maximum absolute atomic E-state index is 12.9. The van der Waals surface area contributed by atoms with Crippen LogP contribution >= 0.6 is 0 Å². The Hall–Kier alpha value is -2.66. The van der Waals surface area contributed by atoms with Gasteiger partial charge >= 0.3 is 11.8 Å². The third-order valence-corrected chi connectivity index (χ3v) is 6.54. The molecule has 36 heavy (non-hydrogen) atoms. The van der Waals surface area contributed by atoms with Gasteiger partial charge < -0.3 is 19.3 Å². The fraction of sp³-hybridized carbons (Fsp3) is 0.567. The number of hydrogen-bond donors (Lipinski definition) is 1. The quantitative estimate of drug-likeness (QED) is 0.102. The van der Waals surface area contributed by atoms with Crippen molar-refractivity contribution in [3.8, 4) is 5.75 Å². The Morgan fingerprint density at radius 1 is 1.17 bits per heavy atom. The number of benzene rings is 1. The van der Waals surface area contributed by atoms with Crippen LogP contribution in [0.1, 0.15) is 65.2 Å². The first-order valence-corrected chi connectivity index (χ1v) is 13.1. The topological polar surface area (TPSA) is 82.1 Å². The number of aliphatic hydroxyl groups is 1. The molecule has 4 atom stereocenters. The highest BCUT2D eigenvalue weighted by molar-refractivity contribution is 5.84. The van der Waals surface area contributed by atoms with Gasteiger partial charge in [0.2, 0.25) is 0 Å². The molecule has 0 amide bonds. The Balaban J connectivity index is 2.14. The van der Waals surface area contributed by atoms with Crippen molar-refractivity contribution in [2.24, 2.45) is 17.8 Å². The Labute approximate surface area is 216 Å². The molecule has 1 aliphatic carbocycles. The second-order valence-corrected chi connectivity index (χ2v) is 9.33. The minimum Gasteiger partial charge on any atom is -0.464 e. The number of carbonyl (C=O) groups excluding carboxylic acids is 2. The summed E-state index contributed by atoms with van der Waals surface area (Å²) < 4.78 is 17.2. The van der Waals surface area contributed by atoms with Crippen molar-refractivity contribution in [1.29, 1.82) is 0 Å². The summed E-state index contributed by atoms with van der Waals surface area (Å²) in [4.78, 5) is 25.4. The molecule has 0 radical (unpaired) electrons. The first-order chi connectivity index (χ1) is 17.5. The molecule has 1 fully saturated rings. The molecular formula is C30H42O6. The zero-order valence-electron chi connectivity index (χ0n) is 22.0. The number of aliphatic hydroxyl groups excluding tert-OH is 1. The Morgan fingerprint density at radius 3 is 2.61 bits per heavy atom. The van der Waals surface area contributed by atoms with E-state index in [0.717, 1.165) is 32.1 Å². The van der Waals surface area contributed by atoms with Gasteiger partial charge in [-0.1, -0.05) is 57.0 Å². The van der Waals surface area contributed by atoms with Gasteiger partial charge in [0.1, 0.15) is 11.5 Å². The predicted molar refractivity (Wildman–Crippen MR) is 140 cm³/mol. The number of esters is 1. The van der Waals surface area contributed by atoms with Gasteiger partial charge in [0.25, 0.3) is 0 Å². The second-order valence-electron chi connectivity index (χ2n) is 9.33. The van der Waals surface area contributed by atoms with Crippen LogP contribution in [0.15, 0.2) is 60.4 Å². The number of para-hydroxylation sites is 1. The van der Waals surface area contributed by atoms with Gasteiger partial charge in [-0.15, -0.1) is 5.73 Å². The van der Waals surface area contributed by atoms with Crippen LogP contribution in [-0.2, 0) is 19.1 Å². The summed E-state index contributed by atoms with van der Waals surface area (Å²) in [6, 6.07) is 9.04. The van der Waals surface area contributed by atoms with Crippen molar-refractivity contribution in [1.82, 2.24) is 0 Å². The van der Waals surface area contributed by atoms with Crippen molar-refractivity contribution in [3.05, 3.63) is 60.4 Å². The molecule has 2 rings (SSSR count). The van der Waals surface area contributed by atoms with Crippen molar-refractivity contribution < 1.29 is 28.9 Å². The summed E-state index contributed by atoms with van der Waals surface area (Å²) in [5.41, 5.74) is 3.14. The van der Waals surface area contributed by atoms with Crippen LogP contribution in [0, 0.1) is 17.8 Å². The van der Waals surface area contributed by atoms with E-state index in [4.69, 9.17) is 19.3 Å². The molecule has 0 saturated heterocycles. The Morgan fingerprint density at radius 2 is 1.92 bits per heavy atom. The molecule has 198 valence electrons. The summed E-state index contributed by atoms with van der Waals surface area (Å²) in [6.45, 7) is 4.71. The fourth-order valence-electron chi connectivity index (χ4n) is 4.55. The summed E-state index contributed by atoms with van der Waals surface area (Å²) in [5.74, 6) is -0.907. The molecule has 0 bridgehead atoms. The number of Topliss-reactive ketones (excluding diaryl/α,β-unsaturated/α-hetero) is 1. The largest absolute Gasteiger partial charge is 0.464 e. The maximum atomic E-state index is 12.9. The van der Waals surface area contributed by atoms with Crippen LogP contribution < -0.4 is 4.74 Å². The molecule has 1 N–H and O–H groups in total. The van der Waals surface area contributed by atoms with Crippen LogP contribution in [0.5, 0.6) is 5.75 Å². The molecule has 0 aromatic heterocycles. The highest BCUT2D eigenvalue weighted by Gasteiger charge is 2.43. The van der Waals surface area contributed by atoms with E-state index in [0.29, 0.717) is 36.9 Å². The smallest absolute Gasteiger partial charge is 0.379 e. The van der Waals surface area contributed by atoms with Gasteiger partial charge in [0.05, 0.1) is 20.1 Å². The Kier molecular flexibility index (Phi) is 13.3. The van der Waals surface area contributed by atoms with Crippen molar-refractivity contribution >= 4 is 11.8 Å². The summed E-state index contributed by atoms with van der Waals surface area (Å²) in [7, 11) is 1.31. The van der Waals surface area contributed by atoms with Crippen LogP contribution in [0.25, 0.3) is 0 Å². The van der Waals surface area contributed by atoms with Gasteiger partial charge in [-0.05, 0) is 61.8 Å². The van der Waals surface area contributed by atoms with Crippen LogP contribution in [-0.4, -0.2) is 43.0 Å². The first-order valence-electron chi connectivity index (χ1n) is 13.1. The van der Waals surface area contributed by atoms with Crippen molar-refractivity contribution in [2.75, 3.05) is 20.3 Å². The van der Waals surface area contributed by atoms with E-state index in [1.54, 1.807) is 18.2 Å². The first kappa shape index (κ1) is 29.6. The van der Waals surface area contributed by atoms with Gasteiger partial charge in [-0.3, -0.25) is 4.79 Å². The number of rotatable bonds is 16. The van der Waals surface area contributed by atoms with E-state index in [1.807, 2.05) is 24.3 Å². The zero-order valence-corrected chi connectivity index (χ0v) is 22.0. The van der Waals surface area contributed by atoms with Gasteiger partial charge in [-0.25, -0.2) is 4.79 Å². The molecular weight excluding hydrogens is 456 g/mol. The number of allylic oxidation sites excluding steroid dienone is 2. The lowest BCUT2D eigenvalue weighted by Crippen LogP contribution is -2.48. The SMILES string of the molecule is CC/C=C/[C@H]1[C@H](C)CC(=O)[C@@H]1CC=C=CCC(OCCCCCC[16OH])(Oc1ccccc1)C(=O)OC. The molecule has 1 aromatic rings. The zero-order chi connectivity index (χ0) is 26.2. The average molecular weight is 499 g/mol. The van der Waals surface area contributed by atoms with Gasteiger partial charge in [0, 0.05) is 18.9 Å². The lowest BCUT2D eigenvalue weighted by Gasteiger charge is -2.30. The summed E-state index contributed by atoms with van der Waals surface area (Å²) >= 11 is 0. The van der Waals surface area contributed by atoms with E-state index < -0.39 is 11.8 Å². The molecule has 6 heteroatoms. The van der Waals surface area contributed by atoms with E-state index >= 15 is 0 Å². The lowest BCUT2D eigenvalue weighted by molar-refractivity contribution is -0.214. The van der Waals surface area contributed by atoms with E-state index in [2.05, 4.69) is 31.7 Å². The third-order valence-electron chi connectivity index (χ3n) is 6.54. The van der Waals surface area contributed by atoms with Gasteiger partial charge in [-0.2, -0.15) is 0 Å². The van der Waals surface area contributed by atoms with E-state index in [-0.39, 0.29) is 24.9 Å². The van der Waals surface area contributed by atoms with Crippen molar-refractivity contribution in [3.63, 3.8) is 0 Å². The van der Waals surface area contributed by atoms with Crippen molar-refractivity contribution in [2.45, 2.75) is 71.0 Å². The molecule has 0 aliphatic heterocycles. The highest BCUT2D eigenvalue weighted by atomic mass is 16.7. The van der Waals surface area contributed by atoms with Crippen LogP contribution in [0.2, 0.25) is 0 Å². The average Bonchev–Trinajstić information content (AvgIpc) is 3.15. The monoisotopic (exact) mass is 498 g/mol. The van der Waals surface area contributed by atoms with Crippen LogP contribution in [0.3, 0.4) is 0 Å². The summed E-state index contributed by atoms with van der Waals surface area (Å²) in [6.07, 6.45) is 13.4. The number of methoxy groups -OCH3 is 1. The Bertz CT molecular complexity index is 886. The van der Waals surface area contributed by atoms with Crippen LogP contribution in [0.4, 0.5) is 0 Å². The molecule has 1 aromatic carbocycles. The maximum Gasteiger partial charge on any atom is 0.379 e. The number of carbonyl (C=O) groups is 2. The molecule has 1 unspecified atom stereocenters. The van der Waals surface area contributed by atoms with E-state index in [1.165, 1.54) is 7.11 Å². The van der Waals surface area contributed by atoms with E-state index in [9.17, 15) is 9.59 Å². The lowest BCUT2D eigenvalue weighted by atomic mass is 9.87. The van der Waals surface area contributed by atoms with Gasteiger partial charge in [0.15, 0.2) is 0 Å². The second kappa shape index (κ2) is 16.2. The normalized spacial score (nSPS) is 21.1. The molecule has 6 nitrogen and oxygen atoms in total. The number of hydrogen-bond acceptors (Lipinski definition) is 6. The molecule has 0 heterocycles. The summed E-state index contributed by atoms with van der Waals surface area (Å²) in [5, 5.41) is 8.96. The highest BCUT2D eigenvalue weighted by Crippen LogP contribution is 2.37. The minimum atomic E-state index is -1.64. The standard InChI is InChI=1S/C30H42O6/c1-4-5-18-26-24(2)23-28(32)27(26)19-12-9-13-20-30(29(33)34-3,35-22-15-7-6-14-21-31)36-25-16-10-8-11-17-25/h5,8,10-13,16-18,24,26-27,31H,4,6-7,14-15,19-23H2,1-3H3/b18-5+/t9?,24-,26+,27-,30?/m1/s1/i31+0. The number of ketones is 1.